The van der Waals surface area contributed by atoms with Gasteiger partial charge in [-0.15, -0.1) is 0 Å². The van der Waals surface area contributed by atoms with Crippen LogP contribution in [-0.2, 0) is 14.4 Å². The van der Waals surface area contributed by atoms with Gasteiger partial charge in [0.05, 0.1) is 29.4 Å². The zero-order valence-electron chi connectivity index (χ0n) is 25.0. The van der Waals surface area contributed by atoms with Gasteiger partial charge in [0.2, 0.25) is 17.7 Å². The number of likely N-dealkylation sites (N-methyl/N-ethyl adjacent to an activating group) is 1. The molecule has 43 heavy (non-hydrogen) atoms. The van der Waals surface area contributed by atoms with Gasteiger partial charge in [-0.3, -0.25) is 14.4 Å². The fourth-order valence-corrected chi connectivity index (χ4v) is 5.07. The molecule has 4 rings (SSSR count). The van der Waals surface area contributed by atoms with E-state index in [9.17, 15) is 18.8 Å². The molecule has 2 aromatic carbocycles. The molecule has 1 aliphatic heterocycles. The normalized spacial score (nSPS) is 16.5. The number of methoxy groups -OCH3 is 1. The van der Waals surface area contributed by atoms with E-state index >= 15 is 0 Å². The molecule has 3 aromatic rings. The fourth-order valence-electron chi connectivity index (χ4n) is 4.89. The van der Waals surface area contributed by atoms with E-state index in [0.717, 1.165) is 0 Å². The Balaban J connectivity index is 1.60. The standard InChI is InChI=1S/C30H37ClFN7O4/c1-16(33-5)27(40)38-25(30(2,3)4)29(42)39-11-7-8-23(39)28(41)37-22-13-18-21(14-24(22)43-6)34-15-35-26(18)36-17-9-10-20(32)19(31)12-17/h9-10,12-16,23,25,33H,7-8,11H2,1-6H3,(H,37,41)(H,38,40)(H,34,35,36). The minimum Gasteiger partial charge on any atom is -0.494 e. The van der Waals surface area contributed by atoms with Crippen LogP contribution in [0.25, 0.3) is 10.9 Å². The number of nitrogens with zero attached hydrogens (tertiary/aromatic N) is 3. The van der Waals surface area contributed by atoms with Crippen LogP contribution in [0.15, 0.2) is 36.7 Å². The second-order valence-electron chi connectivity index (χ2n) is 11.5. The highest BCUT2D eigenvalue weighted by atomic mass is 35.5. The highest BCUT2D eigenvalue weighted by molar-refractivity contribution is 6.31. The minimum atomic E-state index is -0.829. The lowest BCUT2D eigenvalue weighted by atomic mass is 9.85. The van der Waals surface area contributed by atoms with Gasteiger partial charge in [0.1, 0.15) is 35.8 Å². The van der Waals surface area contributed by atoms with Gasteiger partial charge in [-0.2, -0.15) is 0 Å². The van der Waals surface area contributed by atoms with E-state index in [1.54, 1.807) is 26.1 Å². The predicted octanol–water partition coefficient (Wildman–Crippen LogP) is 4.24. The molecular formula is C30H37ClFN7O4. The van der Waals surface area contributed by atoms with Gasteiger partial charge in [0.25, 0.3) is 0 Å². The predicted molar refractivity (Wildman–Crippen MR) is 164 cm³/mol. The Morgan fingerprint density at radius 3 is 2.56 bits per heavy atom. The quantitative estimate of drug-likeness (QED) is 0.281. The summed E-state index contributed by atoms with van der Waals surface area (Å²) in [5.74, 6) is -0.771. The average molecular weight is 614 g/mol. The molecule has 3 unspecified atom stereocenters. The van der Waals surface area contributed by atoms with Crippen LogP contribution in [0.2, 0.25) is 5.02 Å². The van der Waals surface area contributed by atoms with Crippen molar-refractivity contribution in [2.75, 3.05) is 31.3 Å². The van der Waals surface area contributed by atoms with Gasteiger partial charge in [0.15, 0.2) is 0 Å². The molecule has 1 aliphatic rings. The van der Waals surface area contributed by atoms with E-state index in [4.69, 9.17) is 16.3 Å². The van der Waals surface area contributed by atoms with Crippen molar-refractivity contribution < 1.29 is 23.5 Å². The van der Waals surface area contributed by atoms with Crippen molar-refractivity contribution in [2.45, 2.75) is 58.7 Å². The zero-order chi connectivity index (χ0) is 31.5. The third-order valence-corrected chi connectivity index (χ3v) is 7.75. The summed E-state index contributed by atoms with van der Waals surface area (Å²) < 4.78 is 19.2. The monoisotopic (exact) mass is 613 g/mol. The molecule has 230 valence electrons. The summed E-state index contributed by atoms with van der Waals surface area (Å²) >= 11 is 5.94. The number of amides is 3. The highest BCUT2D eigenvalue weighted by Gasteiger charge is 2.42. The number of ether oxygens (including phenoxy) is 1. The van der Waals surface area contributed by atoms with Crippen LogP contribution in [0.3, 0.4) is 0 Å². The molecule has 3 amide bonds. The molecule has 13 heteroatoms. The van der Waals surface area contributed by atoms with Gasteiger partial charge in [-0.25, -0.2) is 14.4 Å². The van der Waals surface area contributed by atoms with E-state index in [1.807, 2.05) is 20.8 Å². The molecule has 1 fully saturated rings. The van der Waals surface area contributed by atoms with E-state index < -0.39 is 29.4 Å². The highest BCUT2D eigenvalue weighted by Crippen LogP contribution is 2.34. The van der Waals surface area contributed by atoms with Crippen LogP contribution < -0.4 is 26.0 Å². The minimum absolute atomic E-state index is 0.0431. The number of nitrogens with one attached hydrogen (secondary N) is 4. The van der Waals surface area contributed by atoms with Crippen molar-refractivity contribution in [3.05, 3.63) is 47.5 Å². The molecule has 3 atom stereocenters. The molecule has 0 spiro atoms. The van der Waals surface area contributed by atoms with Crippen molar-refractivity contribution in [1.29, 1.82) is 0 Å². The van der Waals surface area contributed by atoms with E-state index in [1.165, 1.54) is 36.5 Å². The van der Waals surface area contributed by atoms with E-state index in [2.05, 4.69) is 31.2 Å². The van der Waals surface area contributed by atoms with Crippen LogP contribution in [-0.4, -0.2) is 71.4 Å². The molecule has 1 saturated heterocycles. The largest absolute Gasteiger partial charge is 0.494 e. The van der Waals surface area contributed by atoms with Gasteiger partial charge < -0.3 is 30.9 Å². The Bertz CT molecular complexity index is 1530. The van der Waals surface area contributed by atoms with Crippen LogP contribution in [0, 0.1) is 11.2 Å². The number of hydrogen-bond donors (Lipinski definition) is 4. The Labute approximate surface area is 254 Å². The number of likely N-dealkylation sites (tertiary alicyclic amines) is 1. The second-order valence-corrected chi connectivity index (χ2v) is 11.9. The fraction of sp³-hybridized carbons (Fsp3) is 0.433. The maximum absolute atomic E-state index is 13.8. The number of carbonyl (C=O) groups excluding carboxylic acids is 3. The first-order chi connectivity index (χ1) is 20.3. The number of anilines is 3. The van der Waals surface area contributed by atoms with Crippen LogP contribution >= 0.6 is 11.6 Å². The number of rotatable bonds is 9. The van der Waals surface area contributed by atoms with Crippen molar-refractivity contribution in [3.8, 4) is 5.75 Å². The number of hydrogen-bond acceptors (Lipinski definition) is 8. The maximum atomic E-state index is 13.8. The SMILES string of the molecule is CNC(C)C(=O)NC(C(=O)N1CCCC1C(=O)Nc1cc2c(Nc3ccc(F)c(Cl)c3)ncnc2cc1OC)C(C)(C)C. The molecule has 0 radical (unpaired) electrons. The van der Waals surface area contributed by atoms with Gasteiger partial charge >= 0.3 is 0 Å². The smallest absolute Gasteiger partial charge is 0.247 e. The second kappa shape index (κ2) is 13.1. The van der Waals surface area contributed by atoms with E-state index in [0.29, 0.717) is 53.2 Å². The number of aromatic nitrogens is 2. The summed E-state index contributed by atoms with van der Waals surface area (Å²) in [6, 6.07) is 5.49. The number of carbonyl (C=O) groups is 3. The molecular weight excluding hydrogens is 577 g/mol. The van der Waals surface area contributed by atoms with Gasteiger partial charge in [0, 0.05) is 23.7 Å². The van der Waals surface area contributed by atoms with Crippen molar-refractivity contribution in [2.24, 2.45) is 5.41 Å². The Morgan fingerprint density at radius 2 is 1.91 bits per heavy atom. The molecule has 0 aliphatic carbocycles. The summed E-state index contributed by atoms with van der Waals surface area (Å²) in [4.78, 5) is 50.3. The first-order valence-corrected chi connectivity index (χ1v) is 14.4. The van der Waals surface area contributed by atoms with Gasteiger partial charge in [-0.1, -0.05) is 32.4 Å². The van der Waals surface area contributed by atoms with Crippen molar-refractivity contribution in [3.63, 3.8) is 0 Å². The van der Waals surface area contributed by atoms with E-state index in [-0.39, 0.29) is 22.7 Å². The van der Waals surface area contributed by atoms with Gasteiger partial charge in [-0.05, 0) is 56.5 Å². The molecule has 4 N–H and O–H groups in total. The topological polar surface area (TPSA) is 138 Å². The van der Waals surface area contributed by atoms with Crippen molar-refractivity contribution in [1.82, 2.24) is 25.5 Å². The summed E-state index contributed by atoms with van der Waals surface area (Å²) in [5.41, 5.74) is 0.817. The Kier molecular flexibility index (Phi) is 9.71. The first kappa shape index (κ1) is 31.9. The number of fused-ring (bicyclic) bond motifs is 1. The molecule has 0 bridgehead atoms. The number of halogens is 2. The molecule has 11 nitrogen and oxygen atoms in total. The lowest BCUT2D eigenvalue weighted by molar-refractivity contribution is -0.143. The van der Waals surface area contributed by atoms with Crippen LogP contribution in [0.5, 0.6) is 5.75 Å². The van der Waals surface area contributed by atoms with Crippen LogP contribution in [0.1, 0.15) is 40.5 Å². The zero-order valence-corrected chi connectivity index (χ0v) is 25.8. The lowest BCUT2D eigenvalue weighted by Crippen LogP contribution is -2.59. The Morgan fingerprint density at radius 1 is 1.16 bits per heavy atom. The summed E-state index contributed by atoms with van der Waals surface area (Å²) in [7, 11) is 3.15. The summed E-state index contributed by atoms with van der Waals surface area (Å²) in [6.45, 7) is 7.72. The molecule has 0 saturated carbocycles. The Hall–Kier alpha value is -4.03. The summed E-state index contributed by atoms with van der Waals surface area (Å²) in [5, 5.41) is 12.3. The molecule has 2 heterocycles. The van der Waals surface area contributed by atoms with Crippen molar-refractivity contribution >= 4 is 57.4 Å². The molecule has 1 aromatic heterocycles. The lowest BCUT2D eigenvalue weighted by Gasteiger charge is -2.36. The first-order valence-electron chi connectivity index (χ1n) is 14.0. The third kappa shape index (κ3) is 7.14. The maximum Gasteiger partial charge on any atom is 0.247 e. The summed E-state index contributed by atoms with van der Waals surface area (Å²) in [6.07, 6.45) is 2.47. The average Bonchev–Trinajstić information content (AvgIpc) is 3.46. The third-order valence-electron chi connectivity index (χ3n) is 7.46. The number of benzene rings is 2. The van der Waals surface area contributed by atoms with Crippen LogP contribution in [0.4, 0.5) is 21.6 Å².